The third kappa shape index (κ3) is 3.13. The van der Waals surface area contributed by atoms with Gasteiger partial charge in [0.1, 0.15) is 0 Å². The van der Waals surface area contributed by atoms with Crippen molar-refractivity contribution in [2.75, 3.05) is 26.2 Å². The molecule has 1 aromatic rings. The molecule has 1 saturated heterocycles. The predicted octanol–water partition coefficient (Wildman–Crippen LogP) is 0.315. The average molecular weight is 316 g/mol. The fraction of sp³-hybridized carbons (Fsp3) is 0.769. The van der Waals surface area contributed by atoms with Crippen molar-refractivity contribution in [2.45, 2.75) is 44.9 Å². The summed E-state index contributed by atoms with van der Waals surface area (Å²) < 4.78 is 26.7. The van der Waals surface area contributed by atoms with E-state index in [2.05, 4.69) is 35.9 Å². The summed E-state index contributed by atoms with van der Waals surface area (Å²) in [6.07, 6.45) is 0. The molecule has 0 spiro atoms. The number of aliphatic hydroxyl groups excluding tert-OH is 1. The van der Waals surface area contributed by atoms with E-state index in [4.69, 9.17) is 0 Å². The minimum atomic E-state index is -3.65. The molecule has 8 heteroatoms. The SMILES string of the molecule is Cc1[nH]nc(S(=O)(=O)N2CCN(C(C)(C)C)CC2)c1CO. The molecule has 1 aromatic heterocycles. The Bertz CT molecular complexity index is 595. The maximum Gasteiger partial charge on any atom is 0.262 e. The smallest absolute Gasteiger partial charge is 0.262 e. The number of nitrogens with one attached hydrogen (secondary N) is 1. The second-order valence-electron chi connectivity index (χ2n) is 6.35. The van der Waals surface area contributed by atoms with Gasteiger partial charge in [-0.05, 0) is 27.7 Å². The second kappa shape index (κ2) is 5.68. The van der Waals surface area contributed by atoms with Crippen molar-refractivity contribution in [3.8, 4) is 0 Å². The highest BCUT2D eigenvalue weighted by Crippen LogP contribution is 2.23. The molecule has 1 aliphatic heterocycles. The van der Waals surface area contributed by atoms with Gasteiger partial charge in [0.05, 0.1) is 6.61 Å². The summed E-state index contributed by atoms with van der Waals surface area (Å²) in [4.78, 5) is 2.27. The Labute approximate surface area is 126 Å². The number of piperazine rings is 1. The van der Waals surface area contributed by atoms with Gasteiger partial charge in [0.2, 0.25) is 0 Å². The van der Waals surface area contributed by atoms with Gasteiger partial charge in [0.15, 0.2) is 5.03 Å². The van der Waals surface area contributed by atoms with Crippen LogP contribution < -0.4 is 0 Å². The first-order valence-corrected chi connectivity index (χ1v) is 8.52. The minimum absolute atomic E-state index is 0.0367. The zero-order valence-electron chi connectivity index (χ0n) is 13.0. The maximum absolute atomic E-state index is 12.7. The lowest BCUT2D eigenvalue weighted by Gasteiger charge is -2.41. The largest absolute Gasteiger partial charge is 0.392 e. The van der Waals surface area contributed by atoms with Crippen LogP contribution in [0.3, 0.4) is 0 Å². The van der Waals surface area contributed by atoms with Gasteiger partial charge in [-0.2, -0.15) is 9.40 Å². The molecular formula is C13H24N4O3S. The Kier molecular flexibility index (Phi) is 4.44. The van der Waals surface area contributed by atoms with E-state index in [1.165, 1.54) is 4.31 Å². The van der Waals surface area contributed by atoms with Crippen molar-refractivity contribution in [1.29, 1.82) is 0 Å². The zero-order valence-corrected chi connectivity index (χ0v) is 13.9. The standard InChI is InChI=1S/C13H24N4O3S/c1-10-11(9-18)12(15-14-10)21(19,20)17-7-5-16(6-8-17)13(2,3)4/h18H,5-9H2,1-4H3,(H,14,15). The number of sulfonamides is 1. The van der Waals surface area contributed by atoms with E-state index in [0.29, 0.717) is 37.4 Å². The van der Waals surface area contributed by atoms with E-state index < -0.39 is 10.0 Å². The minimum Gasteiger partial charge on any atom is -0.392 e. The molecule has 2 rings (SSSR count). The quantitative estimate of drug-likeness (QED) is 0.838. The molecule has 1 aliphatic rings. The highest BCUT2D eigenvalue weighted by Gasteiger charge is 2.35. The molecular weight excluding hydrogens is 292 g/mol. The predicted molar refractivity (Wildman–Crippen MR) is 79.3 cm³/mol. The van der Waals surface area contributed by atoms with Crippen LogP contribution in [0.2, 0.25) is 0 Å². The summed E-state index contributed by atoms with van der Waals surface area (Å²) in [5, 5.41) is 15.8. The lowest BCUT2D eigenvalue weighted by atomic mass is 10.1. The monoisotopic (exact) mass is 316 g/mol. The van der Waals surface area contributed by atoms with E-state index in [1.807, 2.05) is 0 Å². The molecule has 7 nitrogen and oxygen atoms in total. The number of hydrogen-bond acceptors (Lipinski definition) is 5. The first kappa shape index (κ1) is 16.4. The normalized spacial score (nSPS) is 19.1. The summed E-state index contributed by atoms with van der Waals surface area (Å²) in [6, 6.07) is 0. The van der Waals surface area contributed by atoms with E-state index >= 15 is 0 Å². The zero-order chi connectivity index (χ0) is 15.8. The fourth-order valence-electron chi connectivity index (χ4n) is 2.55. The summed E-state index contributed by atoms with van der Waals surface area (Å²) in [7, 11) is -3.65. The van der Waals surface area contributed by atoms with Crippen molar-refractivity contribution in [3.05, 3.63) is 11.3 Å². The molecule has 2 heterocycles. The fourth-order valence-corrected chi connectivity index (χ4v) is 4.13. The topological polar surface area (TPSA) is 89.5 Å². The Morgan fingerprint density at radius 1 is 1.24 bits per heavy atom. The van der Waals surface area contributed by atoms with E-state index in [0.717, 1.165) is 0 Å². The highest BCUT2D eigenvalue weighted by atomic mass is 32.2. The van der Waals surface area contributed by atoms with Crippen LogP contribution in [0.1, 0.15) is 32.0 Å². The van der Waals surface area contributed by atoms with E-state index in [-0.39, 0.29) is 17.2 Å². The van der Waals surface area contributed by atoms with Gasteiger partial charge in [0.25, 0.3) is 10.0 Å². The van der Waals surface area contributed by atoms with Gasteiger partial charge in [-0.15, -0.1) is 0 Å². The first-order chi connectivity index (χ1) is 9.67. The molecule has 0 radical (unpaired) electrons. The molecule has 21 heavy (non-hydrogen) atoms. The number of aryl methyl sites for hydroxylation is 1. The first-order valence-electron chi connectivity index (χ1n) is 7.08. The van der Waals surface area contributed by atoms with Gasteiger partial charge in [-0.3, -0.25) is 10.00 Å². The van der Waals surface area contributed by atoms with Crippen molar-refractivity contribution >= 4 is 10.0 Å². The molecule has 0 saturated carbocycles. The van der Waals surface area contributed by atoms with Crippen LogP contribution in [0, 0.1) is 6.92 Å². The number of aliphatic hydroxyl groups is 1. The molecule has 0 unspecified atom stereocenters. The summed E-state index contributed by atoms with van der Waals surface area (Å²) >= 11 is 0. The van der Waals surface area contributed by atoms with Gasteiger partial charge in [0, 0.05) is 43.0 Å². The van der Waals surface area contributed by atoms with Crippen molar-refractivity contribution in [3.63, 3.8) is 0 Å². The third-order valence-corrected chi connectivity index (χ3v) is 5.84. The van der Waals surface area contributed by atoms with Crippen LogP contribution in [0.4, 0.5) is 0 Å². The number of nitrogens with zero attached hydrogens (tertiary/aromatic N) is 3. The Balaban J connectivity index is 2.19. The second-order valence-corrected chi connectivity index (χ2v) is 8.21. The number of aromatic amines is 1. The molecule has 0 bridgehead atoms. The molecule has 2 N–H and O–H groups in total. The Hall–Kier alpha value is -0.960. The lowest BCUT2D eigenvalue weighted by Crippen LogP contribution is -2.54. The summed E-state index contributed by atoms with van der Waals surface area (Å²) in [6.45, 7) is 10.0. The Morgan fingerprint density at radius 3 is 2.29 bits per heavy atom. The summed E-state index contributed by atoms with van der Waals surface area (Å²) in [5.41, 5.74) is 0.979. The van der Waals surface area contributed by atoms with Crippen molar-refractivity contribution < 1.29 is 13.5 Å². The number of hydrogen-bond donors (Lipinski definition) is 2. The molecule has 0 amide bonds. The van der Waals surface area contributed by atoms with E-state index in [9.17, 15) is 13.5 Å². The lowest BCUT2D eigenvalue weighted by molar-refractivity contribution is 0.0920. The van der Waals surface area contributed by atoms with Crippen LogP contribution in [0.5, 0.6) is 0 Å². The average Bonchev–Trinajstić information content (AvgIpc) is 2.79. The van der Waals surface area contributed by atoms with Gasteiger partial charge < -0.3 is 5.11 Å². The van der Waals surface area contributed by atoms with Crippen molar-refractivity contribution in [1.82, 2.24) is 19.4 Å². The van der Waals surface area contributed by atoms with Crippen LogP contribution in [-0.2, 0) is 16.6 Å². The van der Waals surface area contributed by atoms with Crippen LogP contribution in [0.15, 0.2) is 5.03 Å². The maximum atomic E-state index is 12.7. The van der Waals surface area contributed by atoms with Crippen LogP contribution >= 0.6 is 0 Å². The van der Waals surface area contributed by atoms with Gasteiger partial charge in [-0.1, -0.05) is 0 Å². The number of H-pyrrole nitrogens is 1. The molecule has 0 aromatic carbocycles. The third-order valence-electron chi connectivity index (χ3n) is 3.97. The molecule has 120 valence electrons. The van der Waals surface area contributed by atoms with Crippen molar-refractivity contribution in [2.24, 2.45) is 0 Å². The van der Waals surface area contributed by atoms with Gasteiger partial charge in [-0.25, -0.2) is 8.42 Å². The van der Waals surface area contributed by atoms with Gasteiger partial charge >= 0.3 is 0 Å². The van der Waals surface area contributed by atoms with Crippen LogP contribution in [-0.4, -0.2) is 64.6 Å². The summed E-state index contributed by atoms with van der Waals surface area (Å²) in [5.74, 6) is 0. The molecule has 0 aliphatic carbocycles. The van der Waals surface area contributed by atoms with Crippen LogP contribution in [0.25, 0.3) is 0 Å². The molecule has 0 atom stereocenters. The highest BCUT2D eigenvalue weighted by molar-refractivity contribution is 7.89. The van der Waals surface area contributed by atoms with E-state index in [1.54, 1.807) is 6.92 Å². The molecule has 1 fully saturated rings. The number of rotatable bonds is 3. The number of aromatic nitrogens is 2. The Morgan fingerprint density at radius 2 is 1.81 bits per heavy atom.